The van der Waals surface area contributed by atoms with Gasteiger partial charge in [-0.2, -0.15) is 0 Å². The second kappa shape index (κ2) is 17.2. The topological polar surface area (TPSA) is 105 Å². The van der Waals surface area contributed by atoms with E-state index in [1.54, 1.807) is 17.4 Å². The minimum absolute atomic E-state index is 0.250. The molecule has 0 unspecified atom stereocenters. The Labute approximate surface area is 210 Å². The van der Waals surface area contributed by atoms with Gasteiger partial charge in [-0.05, 0) is 56.7 Å². The van der Waals surface area contributed by atoms with Crippen molar-refractivity contribution in [1.29, 1.82) is 0 Å². The molecule has 7 heteroatoms. The molecule has 3 aromatic rings. The van der Waals surface area contributed by atoms with Gasteiger partial charge in [0.2, 0.25) is 12.3 Å². The van der Waals surface area contributed by atoms with Crippen molar-refractivity contribution >= 4 is 12.2 Å². The average molecular weight is 483 g/mol. The molecule has 0 aliphatic heterocycles. The summed E-state index contributed by atoms with van der Waals surface area (Å²) in [7, 11) is 1.68. The number of benzene rings is 2. The van der Waals surface area contributed by atoms with E-state index in [9.17, 15) is 0 Å². The van der Waals surface area contributed by atoms with Crippen LogP contribution in [0.4, 0.5) is 5.82 Å². The first kappa shape index (κ1) is 29.7. The minimum atomic E-state index is 0.250. The van der Waals surface area contributed by atoms with Crippen molar-refractivity contribution < 1.29 is 14.3 Å². The van der Waals surface area contributed by atoms with Crippen LogP contribution < -0.4 is 16.2 Å². The van der Waals surface area contributed by atoms with E-state index in [0.29, 0.717) is 18.3 Å². The summed E-state index contributed by atoms with van der Waals surface area (Å²) in [5.41, 5.74) is 13.5. The SMILES string of the molecule is CCOC.CCOc1nn(-c2ccccc2)c(N)c1C.C[C@@H]1CCC[C@H]1c1ccccc1.NC=O. The van der Waals surface area contributed by atoms with Crippen LogP contribution in [0.2, 0.25) is 0 Å². The molecule has 1 aromatic heterocycles. The summed E-state index contributed by atoms with van der Waals surface area (Å²) in [4.78, 5) is 8.58. The van der Waals surface area contributed by atoms with E-state index in [1.165, 1.54) is 19.3 Å². The van der Waals surface area contributed by atoms with Gasteiger partial charge in [0.15, 0.2) is 0 Å². The number of carbonyl (C=O) groups is 1. The summed E-state index contributed by atoms with van der Waals surface area (Å²) >= 11 is 0. The van der Waals surface area contributed by atoms with Gasteiger partial charge in [0.25, 0.3) is 0 Å². The zero-order chi connectivity index (χ0) is 26.1. The first-order valence-corrected chi connectivity index (χ1v) is 12.2. The highest BCUT2D eigenvalue weighted by molar-refractivity contribution is 5.51. The van der Waals surface area contributed by atoms with E-state index >= 15 is 0 Å². The molecular weight excluding hydrogens is 440 g/mol. The molecule has 1 saturated carbocycles. The maximum Gasteiger partial charge on any atom is 0.238 e. The Morgan fingerprint density at radius 3 is 2.03 bits per heavy atom. The Bertz CT molecular complexity index is 944. The van der Waals surface area contributed by atoms with Gasteiger partial charge in [0.1, 0.15) is 5.82 Å². The third kappa shape index (κ3) is 9.83. The fraction of sp³-hybridized carbons (Fsp3) is 0.429. The molecule has 0 saturated heterocycles. The van der Waals surface area contributed by atoms with E-state index in [2.05, 4.69) is 52.8 Å². The van der Waals surface area contributed by atoms with Crippen molar-refractivity contribution in [3.8, 4) is 11.6 Å². The summed E-state index contributed by atoms with van der Waals surface area (Å²) in [5, 5.41) is 4.34. The second-order valence-corrected chi connectivity index (χ2v) is 8.13. The van der Waals surface area contributed by atoms with Crippen molar-refractivity contribution in [2.45, 2.75) is 52.9 Å². The number of rotatable bonds is 5. The van der Waals surface area contributed by atoms with E-state index in [1.807, 2.05) is 51.1 Å². The molecule has 0 bridgehead atoms. The van der Waals surface area contributed by atoms with Crippen LogP contribution in [0.25, 0.3) is 5.69 Å². The van der Waals surface area contributed by atoms with Crippen LogP contribution >= 0.6 is 0 Å². The van der Waals surface area contributed by atoms with Crippen LogP contribution in [0.1, 0.15) is 57.1 Å². The number of nitrogen functional groups attached to an aromatic ring is 1. The fourth-order valence-electron chi connectivity index (χ4n) is 3.87. The Kier molecular flexibility index (Phi) is 14.6. The van der Waals surface area contributed by atoms with Crippen molar-refractivity contribution in [2.24, 2.45) is 11.7 Å². The lowest BCUT2D eigenvalue weighted by molar-refractivity contribution is -0.106. The predicted molar refractivity (Wildman–Crippen MR) is 144 cm³/mol. The van der Waals surface area contributed by atoms with Crippen LogP contribution in [-0.2, 0) is 9.53 Å². The predicted octanol–water partition coefficient (Wildman–Crippen LogP) is 5.51. The standard InChI is InChI=1S/C12H15N3O.C12H16.C3H8O.CH3NO/c1-3-16-12-9(2)11(13)15(14-12)10-7-5-4-6-8-10;1-10-6-5-9-12(10)11-7-3-2-4-8-11;1-3-4-2;2-1-3/h4-8H,3,13H2,1-2H3;2-4,7-8,10,12H,5-6,9H2,1H3;3H2,1-2H3;1H,(H2,2,3)/t;10-,12-;;/m.1../s1. The maximum absolute atomic E-state index is 8.58. The molecule has 2 atom stereocenters. The summed E-state index contributed by atoms with van der Waals surface area (Å²) in [6.07, 6.45) is 4.48. The van der Waals surface area contributed by atoms with Gasteiger partial charge >= 0.3 is 0 Å². The van der Waals surface area contributed by atoms with Crippen LogP contribution in [-0.4, -0.2) is 36.5 Å². The van der Waals surface area contributed by atoms with E-state index < -0.39 is 0 Å². The zero-order valence-corrected chi connectivity index (χ0v) is 21.8. The number of nitrogens with zero attached hydrogens (tertiary/aromatic N) is 2. The van der Waals surface area contributed by atoms with Crippen LogP contribution in [0, 0.1) is 12.8 Å². The molecule has 35 heavy (non-hydrogen) atoms. The van der Waals surface area contributed by atoms with Crippen molar-refractivity contribution in [3.63, 3.8) is 0 Å². The number of nitrogens with two attached hydrogens (primary N) is 2. The first-order valence-electron chi connectivity index (χ1n) is 12.2. The summed E-state index contributed by atoms with van der Waals surface area (Å²) in [6.45, 7) is 9.58. The highest BCUT2D eigenvalue weighted by Crippen LogP contribution is 2.38. The number of ether oxygens (including phenoxy) is 2. The van der Waals surface area contributed by atoms with Gasteiger partial charge < -0.3 is 20.9 Å². The summed E-state index contributed by atoms with van der Waals surface area (Å²) < 4.78 is 11.6. The number of hydrogen-bond donors (Lipinski definition) is 2. The largest absolute Gasteiger partial charge is 0.477 e. The number of hydrogen-bond acceptors (Lipinski definition) is 5. The molecule has 4 rings (SSSR count). The fourth-order valence-corrected chi connectivity index (χ4v) is 3.87. The van der Waals surface area contributed by atoms with Gasteiger partial charge in [-0.3, -0.25) is 4.79 Å². The Morgan fingerprint density at radius 2 is 1.57 bits per heavy atom. The number of anilines is 1. The molecule has 192 valence electrons. The monoisotopic (exact) mass is 482 g/mol. The van der Waals surface area contributed by atoms with Crippen molar-refractivity contribution in [2.75, 3.05) is 26.1 Å². The van der Waals surface area contributed by atoms with Crippen molar-refractivity contribution in [1.82, 2.24) is 9.78 Å². The Morgan fingerprint density at radius 1 is 1.03 bits per heavy atom. The quantitative estimate of drug-likeness (QED) is 0.467. The average Bonchev–Trinajstić information content (AvgIpc) is 3.45. The molecule has 1 heterocycles. The van der Waals surface area contributed by atoms with E-state index in [-0.39, 0.29) is 6.41 Å². The van der Waals surface area contributed by atoms with Crippen LogP contribution in [0.3, 0.4) is 0 Å². The lowest BCUT2D eigenvalue weighted by Crippen LogP contribution is -2.01. The van der Waals surface area contributed by atoms with Crippen LogP contribution in [0.5, 0.6) is 5.88 Å². The minimum Gasteiger partial charge on any atom is -0.477 e. The maximum atomic E-state index is 8.58. The highest BCUT2D eigenvalue weighted by atomic mass is 16.5. The number of aromatic nitrogens is 2. The molecule has 0 radical (unpaired) electrons. The number of para-hydroxylation sites is 1. The highest BCUT2D eigenvalue weighted by Gasteiger charge is 2.24. The molecule has 7 nitrogen and oxygen atoms in total. The summed E-state index contributed by atoms with van der Waals surface area (Å²) in [5.74, 6) is 2.96. The molecule has 1 aliphatic rings. The number of methoxy groups -OCH3 is 1. The zero-order valence-electron chi connectivity index (χ0n) is 21.8. The third-order valence-electron chi connectivity index (χ3n) is 5.78. The first-order chi connectivity index (χ1) is 16.9. The number of amides is 1. The molecule has 1 amide bonds. The molecule has 1 fully saturated rings. The lowest BCUT2D eigenvalue weighted by Gasteiger charge is -2.14. The number of carbonyl (C=O) groups excluding carboxylic acids is 1. The second-order valence-electron chi connectivity index (χ2n) is 8.13. The van der Waals surface area contributed by atoms with Gasteiger partial charge in [-0.15, -0.1) is 5.10 Å². The van der Waals surface area contributed by atoms with Gasteiger partial charge in [-0.25, -0.2) is 4.68 Å². The van der Waals surface area contributed by atoms with Crippen molar-refractivity contribution in [3.05, 3.63) is 71.8 Å². The van der Waals surface area contributed by atoms with E-state index in [0.717, 1.165) is 29.7 Å². The third-order valence-corrected chi connectivity index (χ3v) is 5.78. The van der Waals surface area contributed by atoms with Gasteiger partial charge in [0, 0.05) is 13.7 Å². The van der Waals surface area contributed by atoms with Crippen LogP contribution in [0.15, 0.2) is 60.7 Å². The van der Waals surface area contributed by atoms with Gasteiger partial charge in [-0.1, -0.05) is 68.3 Å². The molecule has 1 aliphatic carbocycles. The smallest absolute Gasteiger partial charge is 0.238 e. The molecule has 0 spiro atoms. The molecular formula is C28H42N4O3. The molecule has 4 N–H and O–H groups in total. The van der Waals surface area contributed by atoms with E-state index in [4.69, 9.17) is 15.3 Å². The van der Waals surface area contributed by atoms with Gasteiger partial charge in [0.05, 0.1) is 17.9 Å². The lowest BCUT2D eigenvalue weighted by atomic mass is 9.90. The normalized spacial score (nSPS) is 15.9. The molecule has 2 aromatic carbocycles. The Balaban J connectivity index is 0.000000283. The Hall–Kier alpha value is -3.32. The summed E-state index contributed by atoms with van der Waals surface area (Å²) in [6, 6.07) is 20.7. The number of primary amides is 1.